The van der Waals surface area contributed by atoms with Gasteiger partial charge in [0, 0.05) is 31.6 Å². The molecule has 1 aromatic rings. The number of benzene rings is 1. The molecule has 1 unspecified atom stereocenters. The Bertz CT molecular complexity index is 415. The standard InChI is InChI=1S/C15H22N2O/c1-11(9-17-14-3-4-14)16-10-12-2-5-15-13(8-12)6-7-18-15/h2,5,8,11,14,16-17H,3-4,6-7,9-10H2,1H3. The quantitative estimate of drug-likeness (QED) is 0.803. The molecule has 3 nitrogen and oxygen atoms in total. The van der Waals surface area contributed by atoms with Gasteiger partial charge in [0.05, 0.1) is 6.61 Å². The largest absolute Gasteiger partial charge is 0.493 e. The predicted molar refractivity (Wildman–Crippen MR) is 73.0 cm³/mol. The highest BCUT2D eigenvalue weighted by molar-refractivity contribution is 5.39. The first-order valence-corrected chi connectivity index (χ1v) is 7.02. The van der Waals surface area contributed by atoms with Gasteiger partial charge in [-0.2, -0.15) is 0 Å². The molecule has 0 saturated heterocycles. The Morgan fingerprint density at radius 3 is 3.11 bits per heavy atom. The van der Waals surface area contributed by atoms with Crippen molar-refractivity contribution in [1.29, 1.82) is 0 Å². The van der Waals surface area contributed by atoms with Crippen LogP contribution in [0.5, 0.6) is 5.75 Å². The van der Waals surface area contributed by atoms with E-state index in [2.05, 4.69) is 35.8 Å². The number of fused-ring (bicyclic) bond motifs is 1. The van der Waals surface area contributed by atoms with Crippen LogP contribution >= 0.6 is 0 Å². The highest BCUT2D eigenvalue weighted by Crippen LogP contribution is 2.25. The van der Waals surface area contributed by atoms with Crippen LogP contribution in [0.1, 0.15) is 30.9 Å². The normalized spacial score (nSPS) is 19.4. The zero-order valence-electron chi connectivity index (χ0n) is 11.0. The van der Waals surface area contributed by atoms with Gasteiger partial charge in [0.2, 0.25) is 0 Å². The molecule has 18 heavy (non-hydrogen) atoms. The van der Waals surface area contributed by atoms with Crippen LogP contribution in [0.4, 0.5) is 0 Å². The third-order valence-corrected chi connectivity index (χ3v) is 3.70. The monoisotopic (exact) mass is 246 g/mol. The number of hydrogen-bond acceptors (Lipinski definition) is 3. The SMILES string of the molecule is CC(CNC1CC1)NCc1ccc2c(c1)CCO2. The molecule has 98 valence electrons. The van der Waals surface area contributed by atoms with Crippen LogP contribution in [0, 0.1) is 0 Å². The lowest BCUT2D eigenvalue weighted by Crippen LogP contribution is -2.36. The number of rotatable bonds is 6. The Morgan fingerprint density at radius 2 is 2.28 bits per heavy atom. The predicted octanol–water partition coefficient (Wildman–Crippen LogP) is 1.85. The first kappa shape index (κ1) is 12.0. The second-order valence-electron chi connectivity index (χ2n) is 5.51. The minimum atomic E-state index is 0.523. The zero-order chi connectivity index (χ0) is 12.4. The van der Waals surface area contributed by atoms with Crippen LogP contribution in [0.15, 0.2) is 18.2 Å². The lowest BCUT2D eigenvalue weighted by atomic mass is 10.1. The highest BCUT2D eigenvalue weighted by Gasteiger charge is 2.20. The Labute approximate surface area is 109 Å². The van der Waals surface area contributed by atoms with E-state index in [0.717, 1.165) is 37.9 Å². The number of ether oxygens (including phenoxy) is 1. The summed E-state index contributed by atoms with van der Waals surface area (Å²) in [6, 6.07) is 7.86. The fourth-order valence-electron chi connectivity index (χ4n) is 2.35. The van der Waals surface area contributed by atoms with Crippen molar-refractivity contribution in [1.82, 2.24) is 10.6 Å². The molecular weight excluding hydrogens is 224 g/mol. The summed E-state index contributed by atoms with van der Waals surface area (Å²) in [6.07, 6.45) is 3.77. The average molecular weight is 246 g/mol. The lowest BCUT2D eigenvalue weighted by Gasteiger charge is -2.14. The maximum absolute atomic E-state index is 5.52. The third-order valence-electron chi connectivity index (χ3n) is 3.70. The molecule has 1 saturated carbocycles. The van der Waals surface area contributed by atoms with E-state index in [1.54, 1.807) is 0 Å². The van der Waals surface area contributed by atoms with Gasteiger partial charge in [-0.3, -0.25) is 0 Å². The molecule has 1 heterocycles. The van der Waals surface area contributed by atoms with Crippen molar-refractivity contribution in [2.45, 2.75) is 44.8 Å². The first-order valence-electron chi connectivity index (χ1n) is 7.02. The van der Waals surface area contributed by atoms with Crippen LogP contribution in [-0.4, -0.2) is 25.2 Å². The van der Waals surface area contributed by atoms with E-state index in [1.807, 2.05) is 0 Å². The van der Waals surface area contributed by atoms with Gasteiger partial charge in [-0.05, 0) is 37.0 Å². The van der Waals surface area contributed by atoms with Crippen molar-refractivity contribution in [3.8, 4) is 5.75 Å². The van der Waals surface area contributed by atoms with Crippen LogP contribution < -0.4 is 15.4 Å². The summed E-state index contributed by atoms with van der Waals surface area (Å²) in [4.78, 5) is 0. The average Bonchev–Trinajstić information content (AvgIpc) is 3.10. The Hall–Kier alpha value is -1.06. The van der Waals surface area contributed by atoms with Gasteiger partial charge in [0.1, 0.15) is 5.75 Å². The smallest absolute Gasteiger partial charge is 0.122 e. The van der Waals surface area contributed by atoms with Crippen molar-refractivity contribution in [2.75, 3.05) is 13.2 Å². The van der Waals surface area contributed by atoms with E-state index >= 15 is 0 Å². The maximum Gasteiger partial charge on any atom is 0.122 e. The van der Waals surface area contributed by atoms with Crippen molar-refractivity contribution in [3.05, 3.63) is 29.3 Å². The molecule has 1 fully saturated rings. The fourth-order valence-corrected chi connectivity index (χ4v) is 2.35. The summed E-state index contributed by atoms with van der Waals surface area (Å²) in [5, 5.41) is 7.12. The molecule has 3 heteroatoms. The Kier molecular flexibility index (Phi) is 3.52. The van der Waals surface area contributed by atoms with Crippen molar-refractivity contribution in [2.24, 2.45) is 0 Å². The van der Waals surface area contributed by atoms with Gasteiger partial charge in [-0.15, -0.1) is 0 Å². The third kappa shape index (κ3) is 3.03. The van der Waals surface area contributed by atoms with Gasteiger partial charge in [-0.25, -0.2) is 0 Å². The molecule has 0 aromatic heterocycles. The number of nitrogens with one attached hydrogen (secondary N) is 2. The van der Waals surface area contributed by atoms with Crippen molar-refractivity contribution in [3.63, 3.8) is 0 Å². The van der Waals surface area contributed by atoms with E-state index in [0.29, 0.717) is 6.04 Å². The molecule has 1 aromatic carbocycles. The highest BCUT2D eigenvalue weighted by atomic mass is 16.5. The van der Waals surface area contributed by atoms with Gasteiger partial charge < -0.3 is 15.4 Å². The summed E-state index contributed by atoms with van der Waals surface area (Å²) in [5.41, 5.74) is 2.72. The molecule has 2 aliphatic rings. The molecule has 0 radical (unpaired) electrons. The summed E-state index contributed by atoms with van der Waals surface area (Å²) >= 11 is 0. The molecule has 1 aliphatic carbocycles. The molecule has 0 spiro atoms. The topological polar surface area (TPSA) is 33.3 Å². The van der Waals surface area contributed by atoms with Crippen molar-refractivity contribution < 1.29 is 4.74 Å². The van der Waals surface area contributed by atoms with E-state index in [9.17, 15) is 0 Å². The summed E-state index contributed by atoms with van der Waals surface area (Å²) in [7, 11) is 0. The van der Waals surface area contributed by atoms with E-state index in [1.165, 1.54) is 24.0 Å². The number of hydrogen-bond donors (Lipinski definition) is 2. The maximum atomic E-state index is 5.52. The molecular formula is C15H22N2O. The van der Waals surface area contributed by atoms with E-state index < -0.39 is 0 Å². The molecule has 3 rings (SSSR count). The minimum absolute atomic E-state index is 0.523. The van der Waals surface area contributed by atoms with Crippen LogP contribution in [0.3, 0.4) is 0 Å². The summed E-state index contributed by atoms with van der Waals surface area (Å²) in [6.45, 7) is 5.10. The fraction of sp³-hybridized carbons (Fsp3) is 0.600. The molecule has 0 bridgehead atoms. The van der Waals surface area contributed by atoms with E-state index in [-0.39, 0.29) is 0 Å². The van der Waals surface area contributed by atoms with Crippen LogP contribution in [0.25, 0.3) is 0 Å². The second kappa shape index (κ2) is 5.29. The van der Waals surface area contributed by atoms with Gasteiger partial charge in [-0.1, -0.05) is 12.1 Å². The van der Waals surface area contributed by atoms with Crippen molar-refractivity contribution >= 4 is 0 Å². The van der Waals surface area contributed by atoms with Gasteiger partial charge >= 0.3 is 0 Å². The van der Waals surface area contributed by atoms with Crippen LogP contribution in [0.2, 0.25) is 0 Å². The van der Waals surface area contributed by atoms with E-state index in [4.69, 9.17) is 4.74 Å². The molecule has 2 N–H and O–H groups in total. The Morgan fingerprint density at radius 1 is 1.39 bits per heavy atom. The summed E-state index contributed by atoms with van der Waals surface area (Å²) < 4.78 is 5.52. The lowest BCUT2D eigenvalue weighted by molar-refractivity contribution is 0.357. The van der Waals surface area contributed by atoms with Crippen LogP contribution in [-0.2, 0) is 13.0 Å². The zero-order valence-corrected chi connectivity index (χ0v) is 11.0. The second-order valence-corrected chi connectivity index (χ2v) is 5.51. The summed E-state index contributed by atoms with van der Waals surface area (Å²) in [5.74, 6) is 1.07. The molecule has 1 aliphatic heterocycles. The molecule has 0 amide bonds. The minimum Gasteiger partial charge on any atom is -0.493 e. The molecule has 1 atom stereocenters. The van der Waals surface area contributed by atoms with Gasteiger partial charge in [0.25, 0.3) is 0 Å². The van der Waals surface area contributed by atoms with Gasteiger partial charge in [0.15, 0.2) is 0 Å². The Balaban J connectivity index is 1.46. The first-order chi connectivity index (χ1) is 8.81.